The molecule has 2 N–H and O–H groups in total. The van der Waals surface area contributed by atoms with E-state index in [-0.39, 0.29) is 17.6 Å². The number of carboxylic acids is 1. The van der Waals surface area contributed by atoms with Crippen LogP contribution in [0.1, 0.15) is 25.7 Å². The van der Waals surface area contributed by atoms with Crippen molar-refractivity contribution in [2.75, 3.05) is 18.1 Å². The van der Waals surface area contributed by atoms with Crippen LogP contribution in [-0.2, 0) is 9.59 Å². The highest BCUT2D eigenvalue weighted by atomic mass is 32.2. The number of amides is 1. The lowest BCUT2D eigenvalue weighted by Crippen LogP contribution is -2.28. The standard InChI is InChI=1S/C12H19NO3S/c14-10(15)7-17-6-5-13-12(16)11-8-3-1-2-4-9(8)11/h8-9,11H,1-7H2,(H,13,16)(H,14,15). The van der Waals surface area contributed by atoms with Crippen LogP contribution in [0.25, 0.3) is 0 Å². The highest BCUT2D eigenvalue weighted by molar-refractivity contribution is 7.99. The Morgan fingerprint density at radius 1 is 1.24 bits per heavy atom. The average Bonchev–Trinajstić information content (AvgIpc) is 3.02. The van der Waals surface area contributed by atoms with E-state index in [9.17, 15) is 9.59 Å². The Bertz CT molecular complexity index is 296. The summed E-state index contributed by atoms with van der Waals surface area (Å²) in [4.78, 5) is 22.1. The summed E-state index contributed by atoms with van der Waals surface area (Å²) in [5.41, 5.74) is 0. The van der Waals surface area contributed by atoms with E-state index in [4.69, 9.17) is 5.11 Å². The van der Waals surface area contributed by atoms with Crippen LogP contribution in [0.2, 0.25) is 0 Å². The van der Waals surface area contributed by atoms with Crippen molar-refractivity contribution in [2.45, 2.75) is 25.7 Å². The molecule has 1 amide bonds. The summed E-state index contributed by atoms with van der Waals surface area (Å²) in [6.07, 6.45) is 4.99. The minimum absolute atomic E-state index is 0.116. The van der Waals surface area contributed by atoms with Crippen LogP contribution in [-0.4, -0.2) is 35.0 Å². The second-order valence-electron chi connectivity index (χ2n) is 4.88. The summed E-state index contributed by atoms with van der Waals surface area (Å²) in [6.45, 7) is 0.590. The van der Waals surface area contributed by atoms with Gasteiger partial charge in [-0.3, -0.25) is 9.59 Å². The van der Waals surface area contributed by atoms with Gasteiger partial charge in [0.2, 0.25) is 5.91 Å². The fourth-order valence-corrected chi connectivity index (χ4v) is 3.47. The second-order valence-corrected chi connectivity index (χ2v) is 5.98. The minimum atomic E-state index is -0.797. The predicted molar refractivity (Wildman–Crippen MR) is 66.9 cm³/mol. The van der Waals surface area contributed by atoms with Crippen LogP contribution >= 0.6 is 11.8 Å². The van der Waals surface area contributed by atoms with Crippen LogP contribution in [0.4, 0.5) is 0 Å². The van der Waals surface area contributed by atoms with E-state index in [1.807, 2.05) is 0 Å². The summed E-state index contributed by atoms with van der Waals surface area (Å²) in [7, 11) is 0. The van der Waals surface area contributed by atoms with Crippen LogP contribution in [0.15, 0.2) is 0 Å². The molecule has 2 fully saturated rings. The molecule has 96 valence electrons. The SMILES string of the molecule is O=C(O)CSCCNC(=O)C1C2CCCCC21. The third kappa shape index (κ3) is 3.37. The molecule has 4 nitrogen and oxygen atoms in total. The van der Waals surface area contributed by atoms with Crippen molar-refractivity contribution >= 4 is 23.6 Å². The van der Waals surface area contributed by atoms with Gasteiger partial charge in [-0.2, -0.15) is 0 Å². The molecule has 0 radical (unpaired) electrons. The molecule has 5 heteroatoms. The van der Waals surface area contributed by atoms with E-state index in [1.54, 1.807) is 0 Å². The maximum Gasteiger partial charge on any atom is 0.313 e. The molecule has 17 heavy (non-hydrogen) atoms. The summed E-state index contributed by atoms with van der Waals surface area (Å²) in [6, 6.07) is 0. The molecular weight excluding hydrogens is 238 g/mol. The molecule has 0 saturated heterocycles. The molecule has 2 saturated carbocycles. The molecule has 2 atom stereocenters. The fourth-order valence-electron chi connectivity index (χ4n) is 2.90. The zero-order valence-electron chi connectivity index (χ0n) is 9.85. The third-order valence-electron chi connectivity index (χ3n) is 3.73. The largest absolute Gasteiger partial charge is 0.481 e. The highest BCUT2D eigenvalue weighted by Gasteiger charge is 2.54. The summed E-state index contributed by atoms with van der Waals surface area (Å²) in [5, 5.41) is 11.4. The minimum Gasteiger partial charge on any atom is -0.481 e. The van der Waals surface area contributed by atoms with E-state index in [0.717, 1.165) is 0 Å². The van der Waals surface area contributed by atoms with E-state index < -0.39 is 5.97 Å². The Kier molecular flexibility index (Phi) is 4.31. The van der Waals surface area contributed by atoms with Crippen LogP contribution in [0, 0.1) is 17.8 Å². The van der Waals surface area contributed by atoms with E-state index in [0.29, 0.717) is 24.1 Å². The number of carbonyl (C=O) groups is 2. The molecule has 2 aliphatic carbocycles. The maximum atomic E-state index is 11.8. The predicted octanol–water partition coefficient (Wildman–Crippen LogP) is 1.36. The Hall–Kier alpha value is -0.710. The first-order valence-electron chi connectivity index (χ1n) is 6.27. The zero-order valence-corrected chi connectivity index (χ0v) is 10.7. The van der Waals surface area contributed by atoms with Gasteiger partial charge >= 0.3 is 5.97 Å². The molecule has 0 aromatic heterocycles. The zero-order chi connectivity index (χ0) is 12.3. The molecule has 2 aliphatic rings. The second kappa shape index (κ2) is 5.76. The highest BCUT2D eigenvalue weighted by Crippen LogP contribution is 2.55. The summed E-state index contributed by atoms with van der Waals surface area (Å²) in [5.74, 6) is 1.75. The van der Waals surface area contributed by atoms with Crippen molar-refractivity contribution in [1.82, 2.24) is 5.32 Å². The van der Waals surface area contributed by atoms with Gasteiger partial charge in [0.1, 0.15) is 0 Å². The smallest absolute Gasteiger partial charge is 0.313 e. The number of carboxylic acid groups (broad SMARTS) is 1. The molecule has 0 bridgehead atoms. The Balaban J connectivity index is 1.57. The summed E-state index contributed by atoms with van der Waals surface area (Å²) >= 11 is 1.35. The fraction of sp³-hybridized carbons (Fsp3) is 0.833. The van der Waals surface area contributed by atoms with E-state index in [1.165, 1.54) is 37.4 Å². The number of fused-ring (bicyclic) bond motifs is 1. The lowest BCUT2D eigenvalue weighted by molar-refractivity contribution is -0.133. The number of nitrogens with one attached hydrogen (secondary N) is 1. The molecular formula is C12H19NO3S. The molecule has 2 rings (SSSR count). The molecule has 0 aromatic carbocycles. The summed E-state index contributed by atoms with van der Waals surface area (Å²) < 4.78 is 0. The number of hydrogen-bond acceptors (Lipinski definition) is 3. The van der Waals surface area contributed by atoms with Gasteiger partial charge in [0.05, 0.1) is 5.75 Å². The van der Waals surface area contributed by atoms with Crippen molar-refractivity contribution in [2.24, 2.45) is 17.8 Å². The van der Waals surface area contributed by atoms with Gasteiger partial charge in [-0.25, -0.2) is 0 Å². The van der Waals surface area contributed by atoms with E-state index >= 15 is 0 Å². The Morgan fingerprint density at radius 3 is 2.47 bits per heavy atom. The van der Waals surface area contributed by atoms with Gasteiger partial charge in [-0.15, -0.1) is 11.8 Å². The molecule has 0 aliphatic heterocycles. The van der Waals surface area contributed by atoms with Crippen molar-refractivity contribution in [3.05, 3.63) is 0 Å². The van der Waals surface area contributed by atoms with Crippen LogP contribution in [0.3, 0.4) is 0 Å². The number of hydrogen-bond donors (Lipinski definition) is 2. The van der Waals surface area contributed by atoms with Crippen molar-refractivity contribution in [1.29, 1.82) is 0 Å². The maximum absolute atomic E-state index is 11.8. The number of thioether (sulfide) groups is 1. The Morgan fingerprint density at radius 2 is 1.88 bits per heavy atom. The molecule has 0 heterocycles. The van der Waals surface area contributed by atoms with Gasteiger partial charge in [0, 0.05) is 18.2 Å². The molecule has 2 unspecified atom stereocenters. The molecule has 0 aromatic rings. The van der Waals surface area contributed by atoms with Gasteiger partial charge in [-0.05, 0) is 24.7 Å². The van der Waals surface area contributed by atoms with Crippen LogP contribution in [0.5, 0.6) is 0 Å². The van der Waals surface area contributed by atoms with Crippen molar-refractivity contribution in [3.63, 3.8) is 0 Å². The monoisotopic (exact) mass is 257 g/mol. The number of rotatable bonds is 6. The molecule has 0 spiro atoms. The first-order valence-corrected chi connectivity index (χ1v) is 7.43. The van der Waals surface area contributed by atoms with Gasteiger partial charge in [-0.1, -0.05) is 12.8 Å². The quantitative estimate of drug-likeness (QED) is 0.705. The van der Waals surface area contributed by atoms with Crippen molar-refractivity contribution < 1.29 is 14.7 Å². The first-order chi connectivity index (χ1) is 8.20. The number of carbonyl (C=O) groups excluding carboxylic acids is 1. The van der Waals surface area contributed by atoms with E-state index in [2.05, 4.69) is 5.32 Å². The average molecular weight is 257 g/mol. The Labute approximate surface area is 106 Å². The third-order valence-corrected chi connectivity index (χ3v) is 4.67. The van der Waals surface area contributed by atoms with Gasteiger partial charge in [0.15, 0.2) is 0 Å². The van der Waals surface area contributed by atoms with Gasteiger partial charge in [0.25, 0.3) is 0 Å². The van der Waals surface area contributed by atoms with Gasteiger partial charge < -0.3 is 10.4 Å². The lowest BCUT2D eigenvalue weighted by atomic mass is 10.0. The number of aliphatic carboxylic acids is 1. The van der Waals surface area contributed by atoms with Crippen LogP contribution < -0.4 is 5.32 Å². The van der Waals surface area contributed by atoms with Crippen molar-refractivity contribution in [3.8, 4) is 0 Å². The first kappa shape index (κ1) is 12.7. The normalized spacial score (nSPS) is 30.5. The topological polar surface area (TPSA) is 66.4 Å². The lowest BCUT2D eigenvalue weighted by Gasteiger charge is -2.04.